The van der Waals surface area contributed by atoms with Gasteiger partial charge in [0.05, 0.1) is 0 Å². The van der Waals surface area contributed by atoms with Crippen molar-refractivity contribution in [3.8, 4) is 0 Å². The lowest BCUT2D eigenvalue weighted by atomic mass is 9.77. The van der Waals surface area contributed by atoms with Crippen LogP contribution in [0, 0.1) is 11.3 Å². The zero-order valence-electron chi connectivity index (χ0n) is 13.6. The Bertz CT molecular complexity index is 313. The van der Waals surface area contributed by atoms with Gasteiger partial charge in [0.15, 0.2) is 0 Å². The van der Waals surface area contributed by atoms with E-state index >= 15 is 0 Å². The Morgan fingerprint density at radius 2 is 1.90 bits per heavy atom. The number of nitrogens with zero attached hydrogens (tertiary/aromatic N) is 1. The van der Waals surface area contributed by atoms with Crippen molar-refractivity contribution in [2.24, 2.45) is 11.3 Å². The molecule has 0 spiro atoms. The first kappa shape index (κ1) is 15.8. The van der Waals surface area contributed by atoms with Crippen molar-refractivity contribution in [1.29, 1.82) is 0 Å². The molecule has 0 radical (unpaired) electrons. The third-order valence-corrected chi connectivity index (χ3v) is 5.23. The van der Waals surface area contributed by atoms with Crippen LogP contribution in [0.4, 0.5) is 0 Å². The van der Waals surface area contributed by atoms with Crippen molar-refractivity contribution in [3.05, 3.63) is 0 Å². The van der Waals surface area contributed by atoms with Gasteiger partial charge in [0.25, 0.3) is 0 Å². The molecule has 0 bridgehead atoms. The van der Waals surface area contributed by atoms with E-state index in [-0.39, 0.29) is 5.41 Å². The SMILES string of the molecule is CC(C)CC1(C(=O)N(C)C2CCCNCC2)CCCC1. The Labute approximate surface area is 124 Å². The predicted molar refractivity (Wildman–Crippen MR) is 83.6 cm³/mol. The van der Waals surface area contributed by atoms with Gasteiger partial charge in [-0.15, -0.1) is 0 Å². The van der Waals surface area contributed by atoms with Crippen LogP contribution in [0.2, 0.25) is 0 Å². The van der Waals surface area contributed by atoms with Gasteiger partial charge < -0.3 is 10.2 Å². The number of rotatable bonds is 4. The molecular weight excluding hydrogens is 248 g/mol. The second kappa shape index (κ2) is 6.93. The normalized spacial score (nSPS) is 26.5. The highest BCUT2D eigenvalue weighted by molar-refractivity contribution is 5.83. The maximum atomic E-state index is 13.1. The molecule has 1 aliphatic carbocycles. The lowest BCUT2D eigenvalue weighted by Gasteiger charge is -2.37. The lowest BCUT2D eigenvalue weighted by molar-refractivity contribution is -0.144. The average molecular weight is 280 g/mol. The molecule has 0 aromatic carbocycles. The number of hydrogen-bond acceptors (Lipinski definition) is 2. The molecule has 1 N–H and O–H groups in total. The molecule has 1 aliphatic heterocycles. The first-order valence-electron chi connectivity index (χ1n) is 8.53. The predicted octanol–water partition coefficient (Wildman–Crippen LogP) is 3.19. The molecule has 1 saturated heterocycles. The number of carbonyl (C=O) groups is 1. The standard InChI is InChI=1S/C17H32N2O/c1-14(2)13-17(9-4-5-10-17)16(20)19(3)15-7-6-11-18-12-8-15/h14-15,18H,4-13H2,1-3H3. The van der Waals surface area contributed by atoms with E-state index in [1.54, 1.807) is 0 Å². The van der Waals surface area contributed by atoms with E-state index < -0.39 is 0 Å². The molecule has 116 valence electrons. The summed E-state index contributed by atoms with van der Waals surface area (Å²) in [4.78, 5) is 15.2. The molecule has 0 aromatic heterocycles. The summed E-state index contributed by atoms with van der Waals surface area (Å²) in [5.74, 6) is 1.05. The van der Waals surface area contributed by atoms with Gasteiger partial charge in [-0.2, -0.15) is 0 Å². The van der Waals surface area contributed by atoms with Crippen LogP contribution in [0.5, 0.6) is 0 Å². The van der Waals surface area contributed by atoms with Crippen LogP contribution in [0.25, 0.3) is 0 Å². The number of amides is 1. The zero-order valence-corrected chi connectivity index (χ0v) is 13.6. The van der Waals surface area contributed by atoms with E-state index in [1.165, 1.54) is 19.3 Å². The summed E-state index contributed by atoms with van der Waals surface area (Å²) in [6.07, 6.45) is 9.23. The Morgan fingerprint density at radius 3 is 2.55 bits per heavy atom. The Hall–Kier alpha value is -0.570. The largest absolute Gasteiger partial charge is 0.342 e. The van der Waals surface area contributed by atoms with Crippen molar-refractivity contribution in [2.45, 2.75) is 71.3 Å². The minimum Gasteiger partial charge on any atom is -0.342 e. The molecular formula is C17H32N2O. The monoisotopic (exact) mass is 280 g/mol. The number of hydrogen-bond donors (Lipinski definition) is 1. The Balaban J connectivity index is 2.06. The van der Waals surface area contributed by atoms with Crippen LogP contribution in [0.15, 0.2) is 0 Å². The molecule has 1 saturated carbocycles. The Morgan fingerprint density at radius 1 is 1.20 bits per heavy atom. The summed E-state index contributed by atoms with van der Waals surface area (Å²) < 4.78 is 0. The maximum absolute atomic E-state index is 13.1. The molecule has 1 atom stereocenters. The van der Waals surface area contributed by atoms with Crippen LogP contribution in [0.1, 0.15) is 65.2 Å². The molecule has 2 aliphatic rings. The average Bonchev–Trinajstić information content (AvgIpc) is 2.72. The van der Waals surface area contributed by atoms with Crippen LogP contribution in [-0.4, -0.2) is 37.0 Å². The topological polar surface area (TPSA) is 32.3 Å². The highest BCUT2D eigenvalue weighted by Gasteiger charge is 2.43. The van der Waals surface area contributed by atoms with Crippen molar-refractivity contribution < 1.29 is 4.79 Å². The van der Waals surface area contributed by atoms with Gasteiger partial charge in [-0.1, -0.05) is 26.7 Å². The quantitative estimate of drug-likeness (QED) is 0.857. The summed E-state index contributed by atoms with van der Waals surface area (Å²) in [6.45, 7) is 6.67. The van der Waals surface area contributed by atoms with E-state index in [0.29, 0.717) is 17.9 Å². The zero-order chi connectivity index (χ0) is 14.6. The van der Waals surface area contributed by atoms with Crippen molar-refractivity contribution in [2.75, 3.05) is 20.1 Å². The smallest absolute Gasteiger partial charge is 0.228 e. The van der Waals surface area contributed by atoms with Gasteiger partial charge in [-0.3, -0.25) is 4.79 Å². The van der Waals surface area contributed by atoms with Gasteiger partial charge in [-0.05, 0) is 57.5 Å². The van der Waals surface area contributed by atoms with E-state index in [4.69, 9.17) is 0 Å². The molecule has 2 fully saturated rings. The van der Waals surface area contributed by atoms with Crippen LogP contribution < -0.4 is 5.32 Å². The second-order valence-electron chi connectivity index (χ2n) is 7.34. The van der Waals surface area contributed by atoms with Gasteiger partial charge >= 0.3 is 0 Å². The molecule has 1 heterocycles. The summed E-state index contributed by atoms with van der Waals surface area (Å²) >= 11 is 0. The number of carbonyl (C=O) groups excluding carboxylic acids is 1. The third-order valence-electron chi connectivity index (χ3n) is 5.23. The maximum Gasteiger partial charge on any atom is 0.228 e. The van der Waals surface area contributed by atoms with Gasteiger partial charge in [-0.25, -0.2) is 0 Å². The van der Waals surface area contributed by atoms with Crippen LogP contribution >= 0.6 is 0 Å². The molecule has 20 heavy (non-hydrogen) atoms. The van der Waals surface area contributed by atoms with Crippen LogP contribution in [0.3, 0.4) is 0 Å². The van der Waals surface area contributed by atoms with E-state index in [9.17, 15) is 4.79 Å². The lowest BCUT2D eigenvalue weighted by Crippen LogP contribution is -2.46. The Kier molecular flexibility index (Phi) is 5.48. The van der Waals surface area contributed by atoms with Crippen molar-refractivity contribution >= 4 is 5.91 Å². The third kappa shape index (κ3) is 3.55. The van der Waals surface area contributed by atoms with Gasteiger partial charge in [0.1, 0.15) is 0 Å². The molecule has 3 nitrogen and oxygen atoms in total. The van der Waals surface area contributed by atoms with Gasteiger partial charge in [0.2, 0.25) is 5.91 Å². The fourth-order valence-corrected chi connectivity index (χ4v) is 4.27. The summed E-state index contributed by atoms with van der Waals surface area (Å²) in [6, 6.07) is 0.446. The summed E-state index contributed by atoms with van der Waals surface area (Å²) in [5, 5.41) is 3.44. The molecule has 1 unspecified atom stereocenters. The molecule has 2 rings (SSSR count). The van der Waals surface area contributed by atoms with E-state index in [1.807, 2.05) is 0 Å². The van der Waals surface area contributed by atoms with E-state index in [0.717, 1.165) is 45.2 Å². The minimum absolute atomic E-state index is 0.0390. The second-order valence-corrected chi connectivity index (χ2v) is 7.34. The summed E-state index contributed by atoms with van der Waals surface area (Å²) in [5.41, 5.74) is -0.0390. The van der Waals surface area contributed by atoms with E-state index in [2.05, 4.69) is 31.1 Å². The first-order chi connectivity index (χ1) is 9.55. The fourth-order valence-electron chi connectivity index (χ4n) is 4.27. The fraction of sp³-hybridized carbons (Fsp3) is 0.941. The van der Waals surface area contributed by atoms with Crippen LogP contribution in [-0.2, 0) is 4.79 Å². The highest BCUT2D eigenvalue weighted by Crippen LogP contribution is 2.45. The van der Waals surface area contributed by atoms with Crippen molar-refractivity contribution in [1.82, 2.24) is 10.2 Å². The van der Waals surface area contributed by atoms with Gasteiger partial charge in [0, 0.05) is 18.5 Å². The van der Waals surface area contributed by atoms with Crippen molar-refractivity contribution in [3.63, 3.8) is 0 Å². The molecule has 3 heteroatoms. The highest BCUT2D eigenvalue weighted by atomic mass is 16.2. The first-order valence-corrected chi connectivity index (χ1v) is 8.53. The molecule has 1 amide bonds. The number of nitrogens with one attached hydrogen (secondary N) is 1. The minimum atomic E-state index is -0.0390. The summed E-state index contributed by atoms with van der Waals surface area (Å²) in [7, 11) is 2.05. The molecule has 0 aromatic rings.